The molecule has 6 aliphatic rings. The van der Waals surface area contributed by atoms with E-state index in [0.29, 0.717) is 30.8 Å². The Bertz CT molecular complexity index is 1200. The molecular weight excluding hydrogens is 576 g/mol. The molecular formula is C36H56O9. The Morgan fingerprint density at radius 3 is 2.33 bits per heavy atom. The largest absolute Gasteiger partial charge is 0.457 e. The topological polar surface area (TPSA) is 129 Å². The van der Waals surface area contributed by atoms with Crippen molar-refractivity contribution < 1.29 is 43.5 Å². The summed E-state index contributed by atoms with van der Waals surface area (Å²) in [6.07, 6.45) is 5.71. The highest BCUT2D eigenvalue weighted by Crippen LogP contribution is 2.89. The van der Waals surface area contributed by atoms with E-state index < -0.39 is 36.2 Å². The highest BCUT2D eigenvalue weighted by Gasteiger charge is 2.84. The number of rotatable bonds is 9. The number of carbonyl (C=O) groups is 3. The normalized spacial score (nSPS) is 49.2. The van der Waals surface area contributed by atoms with Gasteiger partial charge >= 0.3 is 5.97 Å². The Kier molecular flexibility index (Phi) is 8.05. The predicted octanol–water partition coefficient (Wildman–Crippen LogP) is 4.63. The van der Waals surface area contributed by atoms with Crippen molar-refractivity contribution in [2.75, 3.05) is 6.61 Å². The lowest BCUT2D eigenvalue weighted by Crippen LogP contribution is -2.60. The van der Waals surface area contributed by atoms with E-state index in [1.54, 1.807) is 13.8 Å². The fourth-order valence-corrected chi connectivity index (χ4v) is 13.0. The van der Waals surface area contributed by atoms with Crippen molar-refractivity contribution in [3.63, 3.8) is 0 Å². The summed E-state index contributed by atoms with van der Waals surface area (Å²) in [6, 6.07) is 0. The van der Waals surface area contributed by atoms with Gasteiger partial charge in [0.25, 0.3) is 0 Å². The first-order valence-corrected chi connectivity index (χ1v) is 17.3. The molecule has 45 heavy (non-hydrogen) atoms. The number of ether oxygens (including phenoxy) is 4. The van der Waals surface area contributed by atoms with Crippen molar-refractivity contribution in [2.24, 2.45) is 50.7 Å². The second kappa shape index (κ2) is 10.8. The molecule has 0 bridgehead atoms. The van der Waals surface area contributed by atoms with Crippen LogP contribution in [0.5, 0.6) is 0 Å². The highest BCUT2D eigenvalue weighted by atomic mass is 16.7. The quantitative estimate of drug-likeness (QED) is 0.212. The van der Waals surface area contributed by atoms with E-state index in [1.165, 1.54) is 13.3 Å². The van der Waals surface area contributed by atoms with Crippen LogP contribution in [0.2, 0.25) is 0 Å². The number of fused-ring (bicyclic) bond motifs is 4. The predicted molar refractivity (Wildman–Crippen MR) is 165 cm³/mol. The number of carbonyl (C=O) groups excluding carboxylic acids is 3. The van der Waals surface area contributed by atoms with Crippen LogP contribution in [0, 0.1) is 50.7 Å². The van der Waals surface area contributed by atoms with Gasteiger partial charge in [-0.05, 0) is 111 Å². The second-order valence-electron chi connectivity index (χ2n) is 17.4. The van der Waals surface area contributed by atoms with E-state index in [1.807, 2.05) is 0 Å². The summed E-state index contributed by atoms with van der Waals surface area (Å²) < 4.78 is 24.0. The summed E-state index contributed by atoms with van der Waals surface area (Å²) in [6.45, 7) is 16.1. The number of aliphatic hydroxyl groups excluding tert-OH is 1. The minimum atomic E-state index is -1.28. The minimum absolute atomic E-state index is 0.109. The SMILES string of the molecule is CC(=O)O[C@@H](C1C[C@@H](C)[C@H]2C(O1)[C@H](O)[C@@]1(C)C3CC[C@H]4C(C)(C)[C@@H](O[C@@H](C=O)OCC=O)CC[C@@]45CC35CC[C@]21C)C(C)(C)O. The van der Waals surface area contributed by atoms with Gasteiger partial charge in [0.1, 0.15) is 12.9 Å². The Morgan fingerprint density at radius 1 is 1.04 bits per heavy atom. The molecule has 9 heteroatoms. The fourth-order valence-electron chi connectivity index (χ4n) is 13.0. The molecule has 2 N–H and O–H groups in total. The first kappa shape index (κ1) is 33.5. The van der Waals surface area contributed by atoms with Crippen LogP contribution in [0.3, 0.4) is 0 Å². The maximum absolute atomic E-state index is 12.5. The lowest BCUT2D eigenvalue weighted by molar-refractivity contribution is -0.224. The van der Waals surface area contributed by atoms with Crippen molar-refractivity contribution in [3.8, 4) is 0 Å². The molecule has 0 aromatic heterocycles. The molecule has 5 aliphatic carbocycles. The van der Waals surface area contributed by atoms with Gasteiger partial charge in [0, 0.05) is 12.3 Å². The van der Waals surface area contributed by atoms with Crippen molar-refractivity contribution in [1.82, 2.24) is 0 Å². The molecule has 6 rings (SSSR count). The first-order chi connectivity index (χ1) is 20.9. The molecule has 0 radical (unpaired) electrons. The zero-order valence-corrected chi connectivity index (χ0v) is 28.5. The van der Waals surface area contributed by atoms with E-state index in [2.05, 4.69) is 34.6 Å². The van der Waals surface area contributed by atoms with Crippen LogP contribution in [0.25, 0.3) is 0 Å². The molecule has 5 saturated carbocycles. The number of aldehydes is 2. The van der Waals surface area contributed by atoms with Crippen LogP contribution in [-0.2, 0) is 33.3 Å². The average Bonchev–Trinajstić information content (AvgIpc) is 3.59. The molecule has 1 aliphatic heterocycles. The lowest BCUT2D eigenvalue weighted by Gasteiger charge is -2.63. The maximum atomic E-state index is 12.5. The van der Waals surface area contributed by atoms with Crippen molar-refractivity contribution in [1.29, 1.82) is 0 Å². The molecule has 9 nitrogen and oxygen atoms in total. The van der Waals surface area contributed by atoms with Gasteiger partial charge in [-0.1, -0.05) is 34.6 Å². The monoisotopic (exact) mass is 632 g/mol. The van der Waals surface area contributed by atoms with E-state index in [4.69, 9.17) is 18.9 Å². The van der Waals surface area contributed by atoms with Gasteiger partial charge in [-0.25, -0.2) is 0 Å². The molecule has 1 saturated heterocycles. The summed E-state index contributed by atoms with van der Waals surface area (Å²) in [7, 11) is 0. The summed E-state index contributed by atoms with van der Waals surface area (Å²) in [5.41, 5.74) is -1.55. The van der Waals surface area contributed by atoms with E-state index in [-0.39, 0.29) is 57.7 Å². The summed E-state index contributed by atoms with van der Waals surface area (Å²) in [5.74, 6) is 0.748. The van der Waals surface area contributed by atoms with Crippen LogP contribution in [-0.4, -0.2) is 77.8 Å². The number of hydrogen-bond donors (Lipinski definition) is 2. The molecule has 6 fully saturated rings. The summed E-state index contributed by atoms with van der Waals surface area (Å²) >= 11 is 0. The molecule has 1 heterocycles. The summed E-state index contributed by atoms with van der Waals surface area (Å²) in [4.78, 5) is 34.6. The van der Waals surface area contributed by atoms with Gasteiger partial charge in [-0.3, -0.25) is 9.59 Å². The fraction of sp³-hybridized carbons (Fsp3) is 0.917. The van der Waals surface area contributed by atoms with Gasteiger partial charge < -0.3 is 34.0 Å². The van der Waals surface area contributed by atoms with Gasteiger partial charge in [-0.15, -0.1) is 0 Å². The number of esters is 1. The van der Waals surface area contributed by atoms with Crippen molar-refractivity contribution >= 4 is 18.5 Å². The van der Waals surface area contributed by atoms with E-state index >= 15 is 0 Å². The van der Waals surface area contributed by atoms with Crippen molar-refractivity contribution in [3.05, 3.63) is 0 Å². The smallest absolute Gasteiger partial charge is 0.303 e. The molecule has 2 spiro atoms. The van der Waals surface area contributed by atoms with Gasteiger partial charge in [0.05, 0.1) is 30.0 Å². The van der Waals surface area contributed by atoms with E-state index in [0.717, 1.165) is 38.5 Å². The average molecular weight is 633 g/mol. The first-order valence-electron chi connectivity index (χ1n) is 17.3. The van der Waals surface area contributed by atoms with Crippen LogP contribution in [0.4, 0.5) is 0 Å². The third-order valence-corrected chi connectivity index (χ3v) is 14.8. The zero-order valence-electron chi connectivity index (χ0n) is 28.5. The van der Waals surface area contributed by atoms with Gasteiger partial charge in [-0.2, -0.15) is 0 Å². The van der Waals surface area contributed by atoms with E-state index in [9.17, 15) is 24.6 Å². The Morgan fingerprint density at radius 2 is 1.71 bits per heavy atom. The molecule has 0 amide bonds. The Balaban J connectivity index is 1.27. The Labute approximate surface area is 268 Å². The minimum Gasteiger partial charge on any atom is -0.457 e. The Hall–Kier alpha value is -1.39. The van der Waals surface area contributed by atoms with Crippen molar-refractivity contribution in [2.45, 2.75) is 149 Å². The van der Waals surface area contributed by atoms with Crippen LogP contribution >= 0.6 is 0 Å². The molecule has 4 unspecified atom stereocenters. The molecule has 254 valence electrons. The second-order valence-corrected chi connectivity index (χ2v) is 17.4. The molecule has 0 aromatic carbocycles. The highest BCUT2D eigenvalue weighted by molar-refractivity contribution is 5.66. The third kappa shape index (κ3) is 4.53. The third-order valence-electron chi connectivity index (χ3n) is 14.8. The zero-order chi connectivity index (χ0) is 33.0. The summed E-state index contributed by atoms with van der Waals surface area (Å²) in [5, 5.41) is 23.4. The van der Waals surface area contributed by atoms with Gasteiger partial charge in [0.15, 0.2) is 12.4 Å². The van der Waals surface area contributed by atoms with Gasteiger partial charge in [0.2, 0.25) is 6.29 Å². The van der Waals surface area contributed by atoms with Crippen LogP contribution in [0.15, 0.2) is 0 Å². The van der Waals surface area contributed by atoms with Crippen LogP contribution < -0.4 is 0 Å². The lowest BCUT2D eigenvalue weighted by atomic mass is 9.41. The number of hydrogen-bond acceptors (Lipinski definition) is 9. The molecule has 14 atom stereocenters. The standard InChI is InChI=1S/C36H56O9/c1-20-17-22(30(32(5,6)41)43-21(2)39)44-28-27(20)33(7)13-14-36-19-35(36)12-11-25(45-26(18-38)42-16-15-37)31(3,4)23(35)9-10-24(36)34(33,8)29(28)40/h15,18,20,22-30,40-41H,9-14,16-17,19H2,1-8H3/t20-,22?,23+,24?,25+,26+,27+,28?,29+,30+,33-,34-,35-,36?/m1/s1. The maximum Gasteiger partial charge on any atom is 0.303 e. The van der Waals surface area contributed by atoms with Crippen LogP contribution in [0.1, 0.15) is 107 Å². The molecule has 0 aromatic rings. The number of aliphatic hydroxyl groups is 2.